The first-order valence-electron chi connectivity index (χ1n) is 13.0. The lowest BCUT2D eigenvalue weighted by atomic mass is 9.97. The molecule has 0 saturated carbocycles. The molecule has 0 aliphatic carbocycles. The van der Waals surface area contributed by atoms with Gasteiger partial charge >= 0.3 is 5.97 Å². The second kappa shape index (κ2) is 15.9. The van der Waals surface area contributed by atoms with Gasteiger partial charge in [0.1, 0.15) is 29.9 Å². The van der Waals surface area contributed by atoms with E-state index >= 15 is 0 Å². The molecule has 41 heavy (non-hydrogen) atoms. The average molecular weight is 576 g/mol. The highest BCUT2D eigenvalue weighted by molar-refractivity contribution is 5.94. The number of aromatic amines is 1. The number of hydrogen-bond acceptors (Lipinski definition) is 9. The van der Waals surface area contributed by atoms with E-state index in [1.807, 2.05) is 0 Å². The minimum absolute atomic E-state index is 0.00800. The van der Waals surface area contributed by atoms with Crippen molar-refractivity contribution in [2.45, 2.75) is 57.3 Å². The average Bonchev–Trinajstić information content (AvgIpc) is 3.47. The standard InChI is InChI=1S/C26H37N7O8/c1-3-14(2)22(25(39)32-20(26(40)41)9-16-10-28-13-30-16)33-21(36)11-29-24(38)19(31-23(37)18(27)12-34)8-15-4-6-17(35)7-5-15/h4-7,10,13-14,18-20,22,34-35H,3,8-9,11-12,27H2,1-2H3,(H,28,30)(H,29,38)(H,31,37)(H,32,39)(H,33,36)(H,40,41)/t14-,18-,19-,20-,22-/m0/s1. The Hall–Kier alpha value is -4.50. The Morgan fingerprint density at radius 3 is 2.20 bits per heavy atom. The van der Waals surface area contributed by atoms with Crippen molar-refractivity contribution >= 4 is 29.6 Å². The largest absolute Gasteiger partial charge is 0.508 e. The Labute approximate surface area is 236 Å². The van der Waals surface area contributed by atoms with Crippen LogP contribution in [0.5, 0.6) is 5.75 Å². The number of aromatic nitrogens is 2. The highest BCUT2D eigenvalue weighted by Crippen LogP contribution is 2.12. The molecule has 15 nitrogen and oxygen atoms in total. The van der Waals surface area contributed by atoms with E-state index in [0.29, 0.717) is 17.7 Å². The van der Waals surface area contributed by atoms with Gasteiger partial charge in [0.2, 0.25) is 23.6 Å². The van der Waals surface area contributed by atoms with Gasteiger partial charge in [0.15, 0.2) is 0 Å². The second-order valence-corrected chi connectivity index (χ2v) is 9.55. The molecular formula is C26H37N7O8. The van der Waals surface area contributed by atoms with Crippen LogP contribution in [0.15, 0.2) is 36.8 Å². The number of amides is 4. The zero-order valence-electron chi connectivity index (χ0n) is 22.8. The lowest BCUT2D eigenvalue weighted by molar-refractivity contribution is -0.142. The molecule has 0 saturated heterocycles. The number of aliphatic hydroxyl groups excluding tert-OH is 1. The van der Waals surface area contributed by atoms with Gasteiger partial charge < -0.3 is 47.3 Å². The third-order valence-electron chi connectivity index (χ3n) is 6.37. The second-order valence-electron chi connectivity index (χ2n) is 9.55. The molecule has 0 unspecified atom stereocenters. The molecule has 0 spiro atoms. The smallest absolute Gasteiger partial charge is 0.326 e. The summed E-state index contributed by atoms with van der Waals surface area (Å²) in [6, 6.07) is 1.09. The number of nitrogens with one attached hydrogen (secondary N) is 5. The molecular weight excluding hydrogens is 538 g/mol. The molecule has 1 aromatic heterocycles. The van der Waals surface area contributed by atoms with Crippen molar-refractivity contribution in [1.82, 2.24) is 31.2 Å². The number of carbonyl (C=O) groups is 5. The summed E-state index contributed by atoms with van der Waals surface area (Å²) in [6.07, 6.45) is 3.24. The summed E-state index contributed by atoms with van der Waals surface area (Å²) < 4.78 is 0. The summed E-state index contributed by atoms with van der Waals surface area (Å²) >= 11 is 0. The minimum atomic E-state index is -1.28. The van der Waals surface area contributed by atoms with Crippen LogP contribution in [0, 0.1) is 5.92 Å². The highest BCUT2D eigenvalue weighted by atomic mass is 16.4. The lowest BCUT2D eigenvalue weighted by Crippen LogP contribution is -2.57. The molecule has 0 aliphatic heterocycles. The number of rotatable bonds is 16. The highest BCUT2D eigenvalue weighted by Gasteiger charge is 2.31. The van der Waals surface area contributed by atoms with Gasteiger partial charge in [-0.25, -0.2) is 9.78 Å². The van der Waals surface area contributed by atoms with Gasteiger partial charge in [-0.1, -0.05) is 32.4 Å². The van der Waals surface area contributed by atoms with E-state index in [2.05, 4.69) is 31.2 Å². The number of H-pyrrole nitrogens is 1. The van der Waals surface area contributed by atoms with Crippen LogP contribution >= 0.6 is 0 Å². The topological polar surface area (TPSA) is 249 Å². The summed E-state index contributed by atoms with van der Waals surface area (Å²) in [5, 5.41) is 38.0. The molecule has 1 heterocycles. The first-order chi connectivity index (χ1) is 19.4. The van der Waals surface area contributed by atoms with E-state index in [9.17, 15) is 34.2 Å². The van der Waals surface area contributed by atoms with Crippen molar-refractivity contribution in [3.63, 3.8) is 0 Å². The third-order valence-corrected chi connectivity index (χ3v) is 6.37. The maximum absolute atomic E-state index is 13.0. The summed E-state index contributed by atoms with van der Waals surface area (Å²) in [4.78, 5) is 69.3. The summed E-state index contributed by atoms with van der Waals surface area (Å²) in [7, 11) is 0. The van der Waals surface area contributed by atoms with E-state index in [1.54, 1.807) is 26.0 Å². The van der Waals surface area contributed by atoms with Crippen molar-refractivity contribution in [1.29, 1.82) is 0 Å². The fourth-order valence-electron chi connectivity index (χ4n) is 3.73. The first kappa shape index (κ1) is 32.7. The number of phenols is 1. The van der Waals surface area contributed by atoms with Crippen LogP contribution < -0.4 is 27.0 Å². The summed E-state index contributed by atoms with van der Waals surface area (Å²) in [5.74, 6) is -4.58. The lowest BCUT2D eigenvalue weighted by Gasteiger charge is -2.26. The normalized spacial score (nSPS) is 14.5. The molecule has 5 atom stereocenters. The van der Waals surface area contributed by atoms with E-state index in [-0.39, 0.29) is 24.5 Å². The fourth-order valence-corrected chi connectivity index (χ4v) is 3.73. The predicted octanol–water partition coefficient (Wildman–Crippen LogP) is -2.08. The minimum Gasteiger partial charge on any atom is -0.508 e. The number of carboxylic acids is 1. The molecule has 0 aliphatic rings. The number of benzene rings is 1. The molecule has 0 radical (unpaired) electrons. The summed E-state index contributed by atoms with van der Waals surface area (Å²) in [5.41, 5.74) is 6.63. The van der Waals surface area contributed by atoms with Crippen LogP contribution in [0.2, 0.25) is 0 Å². The number of phenolic OH excluding ortho intramolecular Hbond substituents is 1. The molecule has 0 bridgehead atoms. The van der Waals surface area contributed by atoms with Gasteiger partial charge in [0.25, 0.3) is 0 Å². The van der Waals surface area contributed by atoms with Crippen LogP contribution in [-0.4, -0.2) is 92.2 Å². The van der Waals surface area contributed by atoms with Crippen LogP contribution in [0.3, 0.4) is 0 Å². The Morgan fingerprint density at radius 2 is 1.63 bits per heavy atom. The van der Waals surface area contributed by atoms with Gasteiger partial charge in [-0.3, -0.25) is 19.2 Å². The number of nitrogens with two attached hydrogens (primary N) is 1. The maximum atomic E-state index is 13.0. The molecule has 1 aromatic carbocycles. The Bertz CT molecular complexity index is 1170. The molecule has 10 N–H and O–H groups in total. The molecule has 4 amide bonds. The number of carboxylic acid groups (broad SMARTS) is 1. The number of carbonyl (C=O) groups excluding carboxylic acids is 4. The van der Waals surface area contributed by atoms with Gasteiger partial charge in [-0.15, -0.1) is 0 Å². The number of nitrogens with zero attached hydrogens (tertiary/aromatic N) is 1. The van der Waals surface area contributed by atoms with Crippen LogP contribution in [0.4, 0.5) is 0 Å². The zero-order chi connectivity index (χ0) is 30.5. The van der Waals surface area contributed by atoms with Crippen molar-refractivity contribution in [3.05, 3.63) is 48.0 Å². The van der Waals surface area contributed by atoms with Crippen LogP contribution in [0.1, 0.15) is 31.5 Å². The van der Waals surface area contributed by atoms with Crippen molar-refractivity contribution in [2.75, 3.05) is 13.2 Å². The molecule has 15 heteroatoms. The van der Waals surface area contributed by atoms with E-state index in [4.69, 9.17) is 10.8 Å². The van der Waals surface area contributed by atoms with Crippen LogP contribution in [-0.2, 0) is 36.8 Å². The van der Waals surface area contributed by atoms with E-state index in [0.717, 1.165) is 0 Å². The Morgan fingerprint density at radius 1 is 0.976 bits per heavy atom. The van der Waals surface area contributed by atoms with Crippen molar-refractivity contribution in [3.8, 4) is 5.75 Å². The Kier molecular flexibility index (Phi) is 12.7. The van der Waals surface area contributed by atoms with Crippen LogP contribution in [0.25, 0.3) is 0 Å². The van der Waals surface area contributed by atoms with E-state index < -0.39 is 66.9 Å². The predicted molar refractivity (Wildman–Crippen MR) is 145 cm³/mol. The molecule has 2 aromatic rings. The first-order valence-corrected chi connectivity index (χ1v) is 13.0. The van der Waals surface area contributed by atoms with Crippen molar-refractivity contribution < 1.29 is 39.3 Å². The van der Waals surface area contributed by atoms with E-state index in [1.165, 1.54) is 24.7 Å². The number of aromatic hydroxyl groups is 1. The number of hydrogen-bond donors (Lipinski definition) is 9. The molecule has 0 fully saturated rings. The maximum Gasteiger partial charge on any atom is 0.326 e. The van der Waals surface area contributed by atoms with Gasteiger partial charge in [0, 0.05) is 24.7 Å². The monoisotopic (exact) mass is 575 g/mol. The SMILES string of the molecule is CC[C@H](C)[C@H](NC(=O)CNC(=O)[C@H](Cc1ccc(O)cc1)NC(=O)[C@@H](N)CO)C(=O)N[C@@H](Cc1cnc[nH]1)C(=O)O. The van der Waals surface area contributed by atoms with Gasteiger partial charge in [-0.05, 0) is 23.6 Å². The number of imidazole rings is 1. The van der Waals surface area contributed by atoms with Gasteiger partial charge in [-0.2, -0.15) is 0 Å². The Balaban J connectivity index is 2.06. The number of aliphatic carboxylic acids is 1. The van der Waals surface area contributed by atoms with Crippen molar-refractivity contribution in [2.24, 2.45) is 11.7 Å². The third kappa shape index (κ3) is 10.5. The quantitative estimate of drug-likeness (QED) is 0.106. The fraction of sp³-hybridized carbons (Fsp3) is 0.462. The van der Waals surface area contributed by atoms with Gasteiger partial charge in [0.05, 0.1) is 19.5 Å². The molecule has 2 rings (SSSR count). The number of aliphatic hydroxyl groups is 1. The summed E-state index contributed by atoms with van der Waals surface area (Å²) in [6.45, 7) is 2.31. The molecule has 224 valence electrons. The zero-order valence-corrected chi connectivity index (χ0v) is 22.8.